The standard InChI is InChI=1S/C22H29NO3S.ClH/c1-2-25-22(23)21(24)17-26-19-12-14-20(15-13-19)27-16-8-4-7-11-18-9-5-3-6-10-18;/h3,5-6,9-10,12-15,21,23-24H,2,4,7-8,11,16-17H2,1H3;1H. The van der Waals surface area contributed by atoms with Crippen molar-refractivity contribution in [2.24, 2.45) is 0 Å². The molecule has 0 aromatic heterocycles. The van der Waals surface area contributed by atoms with Crippen LogP contribution >= 0.6 is 11.8 Å². The Kier molecular flexibility index (Phi) is 12.5. The van der Waals surface area contributed by atoms with Gasteiger partial charge in [0.15, 0.2) is 0 Å². The van der Waals surface area contributed by atoms with Crippen molar-refractivity contribution in [1.29, 1.82) is 0 Å². The van der Waals surface area contributed by atoms with Gasteiger partial charge in [0, 0.05) is 4.90 Å². The van der Waals surface area contributed by atoms with Crippen LogP contribution in [0.25, 0.3) is 0 Å². The van der Waals surface area contributed by atoms with Gasteiger partial charge in [0.2, 0.25) is 6.10 Å². The first-order valence-electron chi connectivity index (χ1n) is 9.51. The molecular formula is C22H30ClNO3S. The summed E-state index contributed by atoms with van der Waals surface area (Å²) in [5, 5.41) is 15.4. The first-order chi connectivity index (χ1) is 13.2. The van der Waals surface area contributed by atoms with Gasteiger partial charge in [-0.05, 0) is 61.8 Å². The average Bonchev–Trinajstić information content (AvgIpc) is 2.70. The minimum atomic E-state index is -0.921. The van der Waals surface area contributed by atoms with Crippen molar-refractivity contribution in [2.75, 3.05) is 19.0 Å². The predicted molar refractivity (Wildman–Crippen MR) is 111 cm³/mol. The Bertz CT molecular complexity index is 667. The Morgan fingerprint density at radius 3 is 2.43 bits per heavy atom. The van der Waals surface area contributed by atoms with Gasteiger partial charge in [-0.25, -0.2) is 5.41 Å². The highest BCUT2D eigenvalue weighted by molar-refractivity contribution is 7.99. The molecule has 2 aromatic rings. The van der Waals surface area contributed by atoms with Crippen LogP contribution in [0.4, 0.5) is 0 Å². The number of hydrogen-bond donors (Lipinski definition) is 2. The molecule has 0 aliphatic heterocycles. The zero-order valence-corrected chi connectivity index (χ0v) is 17.9. The van der Waals surface area contributed by atoms with Crippen molar-refractivity contribution in [3.8, 4) is 5.75 Å². The lowest BCUT2D eigenvalue weighted by Gasteiger charge is -2.10. The van der Waals surface area contributed by atoms with Crippen LogP contribution in [0.5, 0.6) is 5.75 Å². The molecule has 0 fully saturated rings. The summed E-state index contributed by atoms with van der Waals surface area (Å²) in [7, 11) is 0. The number of thioether (sulfide) groups is 1. The fourth-order valence-electron chi connectivity index (χ4n) is 2.59. The minimum absolute atomic E-state index is 0. The molecule has 0 radical (unpaired) electrons. The highest BCUT2D eigenvalue weighted by Gasteiger charge is 2.18. The van der Waals surface area contributed by atoms with E-state index in [0.29, 0.717) is 12.4 Å². The van der Waals surface area contributed by atoms with E-state index < -0.39 is 6.10 Å². The molecule has 0 spiro atoms. The van der Waals surface area contributed by atoms with E-state index in [2.05, 4.69) is 30.3 Å². The third kappa shape index (κ3) is 9.49. The topological polar surface area (TPSA) is 64.3 Å². The predicted octanol–water partition coefficient (Wildman–Crippen LogP) is 0.130. The Morgan fingerprint density at radius 1 is 1.04 bits per heavy atom. The number of aliphatic hydroxyl groups is 1. The van der Waals surface area contributed by atoms with E-state index in [-0.39, 0.29) is 24.9 Å². The minimum Gasteiger partial charge on any atom is -1.00 e. The Hall–Kier alpha value is -1.69. The normalized spacial score (nSPS) is 11.4. The van der Waals surface area contributed by atoms with Crippen molar-refractivity contribution in [2.45, 2.75) is 43.6 Å². The fraction of sp³-hybridized carbons (Fsp3) is 0.409. The molecule has 2 rings (SSSR count). The van der Waals surface area contributed by atoms with E-state index in [1.807, 2.05) is 43.0 Å². The summed E-state index contributed by atoms with van der Waals surface area (Å²) in [6, 6.07) is 18.6. The number of rotatable bonds is 12. The molecule has 28 heavy (non-hydrogen) atoms. The Balaban J connectivity index is 0.00000392. The Labute approximate surface area is 178 Å². The summed E-state index contributed by atoms with van der Waals surface area (Å²) in [6.07, 6.45) is 3.94. The van der Waals surface area contributed by atoms with Crippen LogP contribution < -0.4 is 22.6 Å². The van der Waals surface area contributed by atoms with E-state index in [1.165, 1.54) is 29.7 Å². The van der Waals surface area contributed by atoms with Crippen LogP contribution in [0.3, 0.4) is 0 Å². The maximum atomic E-state index is 9.81. The first-order valence-corrected chi connectivity index (χ1v) is 10.5. The SMILES string of the molecule is CCOC(=[NH2+])C(O)COc1ccc(SCCCCCc2ccccc2)cc1.[Cl-]. The van der Waals surface area contributed by atoms with Gasteiger partial charge in [-0.15, -0.1) is 11.8 Å². The highest BCUT2D eigenvalue weighted by Crippen LogP contribution is 2.23. The third-order valence-electron chi connectivity index (χ3n) is 4.09. The monoisotopic (exact) mass is 423 g/mol. The zero-order chi connectivity index (χ0) is 19.3. The molecule has 6 heteroatoms. The number of ether oxygens (including phenoxy) is 2. The summed E-state index contributed by atoms with van der Waals surface area (Å²) in [5.74, 6) is 1.93. The summed E-state index contributed by atoms with van der Waals surface area (Å²) in [6.45, 7) is 2.33. The van der Waals surface area contributed by atoms with Gasteiger partial charge in [0.05, 0.1) is 6.61 Å². The van der Waals surface area contributed by atoms with Crippen molar-refractivity contribution < 1.29 is 32.4 Å². The lowest BCUT2D eigenvalue weighted by atomic mass is 10.1. The van der Waals surface area contributed by atoms with Gasteiger partial charge in [0.25, 0.3) is 0 Å². The molecule has 4 nitrogen and oxygen atoms in total. The van der Waals surface area contributed by atoms with E-state index >= 15 is 0 Å². The van der Waals surface area contributed by atoms with Crippen LogP contribution in [0.1, 0.15) is 31.7 Å². The first kappa shape index (κ1) is 24.3. The van der Waals surface area contributed by atoms with Crippen LogP contribution in [-0.4, -0.2) is 36.1 Å². The van der Waals surface area contributed by atoms with Crippen LogP contribution in [0.15, 0.2) is 59.5 Å². The second-order valence-corrected chi connectivity index (χ2v) is 7.45. The molecule has 154 valence electrons. The van der Waals surface area contributed by atoms with Gasteiger partial charge in [0.1, 0.15) is 12.4 Å². The molecule has 0 heterocycles. The molecular weight excluding hydrogens is 394 g/mol. The van der Waals surface area contributed by atoms with Gasteiger partial charge < -0.3 is 27.0 Å². The number of unbranched alkanes of at least 4 members (excludes halogenated alkanes) is 2. The molecule has 0 saturated carbocycles. The summed E-state index contributed by atoms with van der Waals surface area (Å²) >= 11 is 1.86. The maximum absolute atomic E-state index is 9.81. The lowest BCUT2D eigenvalue weighted by molar-refractivity contribution is -0.154. The molecule has 0 saturated heterocycles. The van der Waals surface area contributed by atoms with Gasteiger partial charge >= 0.3 is 5.90 Å². The molecule has 0 aliphatic rings. The van der Waals surface area contributed by atoms with Crippen LogP contribution in [0, 0.1) is 0 Å². The van der Waals surface area contributed by atoms with E-state index in [0.717, 1.165) is 12.2 Å². The maximum Gasteiger partial charge on any atom is 0.366 e. The fourth-order valence-corrected chi connectivity index (χ4v) is 3.51. The lowest BCUT2D eigenvalue weighted by Crippen LogP contribution is -3.00. The molecule has 0 bridgehead atoms. The summed E-state index contributed by atoms with van der Waals surface area (Å²) in [5.41, 5.74) is 1.42. The van der Waals surface area contributed by atoms with E-state index in [4.69, 9.17) is 14.9 Å². The number of aliphatic hydroxyl groups excluding tert-OH is 1. The number of nitrogens with two attached hydrogens (primary N) is 1. The van der Waals surface area contributed by atoms with Crippen molar-refractivity contribution in [3.05, 3.63) is 60.2 Å². The second-order valence-electron chi connectivity index (χ2n) is 6.28. The quantitative estimate of drug-likeness (QED) is 0.220. The van der Waals surface area contributed by atoms with E-state index in [1.54, 1.807) is 0 Å². The van der Waals surface area contributed by atoms with Gasteiger partial charge in [-0.2, -0.15) is 0 Å². The molecule has 0 aliphatic carbocycles. The van der Waals surface area contributed by atoms with Crippen LogP contribution in [0.2, 0.25) is 0 Å². The smallest absolute Gasteiger partial charge is 0.366 e. The molecule has 3 N–H and O–H groups in total. The van der Waals surface area contributed by atoms with Crippen molar-refractivity contribution >= 4 is 17.7 Å². The molecule has 2 aromatic carbocycles. The number of hydrogen-bond acceptors (Lipinski definition) is 4. The zero-order valence-electron chi connectivity index (χ0n) is 16.4. The van der Waals surface area contributed by atoms with Crippen molar-refractivity contribution in [1.82, 2.24) is 0 Å². The van der Waals surface area contributed by atoms with E-state index in [9.17, 15) is 5.11 Å². The van der Waals surface area contributed by atoms with Gasteiger partial charge in [-0.3, -0.25) is 0 Å². The Morgan fingerprint density at radius 2 is 1.75 bits per heavy atom. The summed E-state index contributed by atoms with van der Waals surface area (Å²) < 4.78 is 10.6. The molecule has 1 atom stereocenters. The number of benzene rings is 2. The molecule has 0 amide bonds. The van der Waals surface area contributed by atoms with Gasteiger partial charge in [-0.1, -0.05) is 36.8 Å². The van der Waals surface area contributed by atoms with Crippen molar-refractivity contribution in [3.63, 3.8) is 0 Å². The molecule has 1 unspecified atom stereocenters. The largest absolute Gasteiger partial charge is 1.00 e. The highest BCUT2D eigenvalue weighted by atomic mass is 35.5. The average molecular weight is 424 g/mol. The second kappa shape index (κ2) is 14.3. The number of halogens is 1. The summed E-state index contributed by atoms with van der Waals surface area (Å²) in [4.78, 5) is 1.23. The third-order valence-corrected chi connectivity index (χ3v) is 5.19. The van der Waals surface area contributed by atoms with Crippen LogP contribution in [-0.2, 0) is 11.2 Å². The number of aryl methyl sites for hydroxylation is 1.